The van der Waals surface area contributed by atoms with Gasteiger partial charge in [0.25, 0.3) is 0 Å². The van der Waals surface area contributed by atoms with Crippen molar-refractivity contribution in [3.8, 4) is 0 Å². The van der Waals surface area contributed by atoms with Crippen LogP contribution in [0.2, 0.25) is 0 Å². The Hall–Kier alpha value is -0.970. The zero-order valence-electron chi connectivity index (χ0n) is 10.2. The number of unbranched alkanes of at least 4 members (excludes halogenated alkanes) is 1. The summed E-state index contributed by atoms with van der Waals surface area (Å²) in [5.41, 5.74) is 7.35. The minimum atomic E-state index is -0.190. The third kappa shape index (κ3) is 4.42. The Kier molecular flexibility index (Phi) is 6.11. The van der Waals surface area contributed by atoms with Crippen LogP contribution in [0.4, 0.5) is 4.39 Å². The van der Waals surface area contributed by atoms with Crippen molar-refractivity contribution in [1.29, 1.82) is 0 Å². The van der Waals surface area contributed by atoms with Crippen LogP contribution in [0.5, 0.6) is 0 Å². The highest BCUT2D eigenvalue weighted by atomic mass is 19.1. The number of halogens is 1. The first kappa shape index (κ1) is 14.1. The number of hydrogen-bond acceptors (Lipinski definition) is 3. The van der Waals surface area contributed by atoms with Gasteiger partial charge in [0, 0.05) is 19.2 Å². The number of nitrogens with one attached hydrogen (secondary N) is 1. The number of nitrogens with two attached hydrogens (primary N) is 1. The van der Waals surface area contributed by atoms with Gasteiger partial charge >= 0.3 is 0 Å². The molecule has 0 aliphatic carbocycles. The van der Waals surface area contributed by atoms with Gasteiger partial charge in [0.05, 0.1) is 0 Å². The average Bonchev–Trinajstić information content (AvgIpc) is 2.33. The van der Waals surface area contributed by atoms with Gasteiger partial charge in [-0.05, 0) is 43.5 Å². The lowest BCUT2D eigenvalue weighted by molar-refractivity contribution is 0.282. The van der Waals surface area contributed by atoms with Crippen molar-refractivity contribution in [3.05, 3.63) is 35.1 Å². The first-order chi connectivity index (χ1) is 8.19. The highest BCUT2D eigenvalue weighted by molar-refractivity contribution is 5.26. The normalized spacial score (nSPS) is 12.7. The van der Waals surface area contributed by atoms with Gasteiger partial charge in [-0.1, -0.05) is 12.1 Å². The second-order valence-corrected chi connectivity index (χ2v) is 4.18. The molecule has 4 heteroatoms. The van der Waals surface area contributed by atoms with Crippen molar-refractivity contribution >= 4 is 0 Å². The van der Waals surface area contributed by atoms with Gasteiger partial charge in [0.15, 0.2) is 0 Å². The Bertz CT molecular complexity index is 344. The Morgan fingerprint density at radius 2 is 2.18 bits per heavy atom. The van der Waals surface area contributed by atoms with Crippen molar-refractivity contribution in [2.24, 2.45) is 5.73 Å². The van der Waals surface area contributed by atoms with Crippen LogP contribution in [0.25, 0.3) is 0 Å². The summed E-state index contributed by atoms with van der Waals surface area (Å²) in [5, 5.41) is 12.0. The molecule has 4 N–H and O–H groups in total. The van der Waals surface area contributed by atoms with E-state index in [1.807, 2.05) is 6.07 Å². The third-order valence-corrected chi connectivity index (χ3v) is 2.80. The lowest BCUT2D eigenvalue weighted by atomic mass is 10.0. The van der Waals surface area contributed by atoms with Crippen LogP contribution in [0.1, 0.15) is 30.0 Å². The quantitative estimate of drug-likeness (QED) is 0.633. The summed E-state index contributed by atoms with van der Waals surface area (Å²) < 4.78 is 13.1. The van der Waals surface area contributed by atoms with Crippen LogP contribution in [-0.2, 0) is 0 Å². The number of aryl methyl sites for hydroxylation is 1. The molecule has 1 unspecified atom stereocenters. The molecule has 0 aromatic heterocycles. The smallest absolute Gasteiger partial charge is 0.126 e. The first-order valence-corrected chi connectivity index (χ1v) is 5.99. The lowest BCUT2D eigenvalue weighted by Crippen LogP contribution is -2.29. The second kappa shape index (κ2) is 7.37. The van der Waals surface area contributed by atoms with E-state index in [1.165, 1.54) is 6.07 Å². The molecule has 0 spiro atoms. The summed E-state index contributed by atoms with van der Waals surface area (Å²) in [5.74, 6) is -0.190. The maximum atomic E-state index is 13.1. The first-order valence-electron chi connectivity index (χ1n) is 5.99. The van der Waals surface area contributed by atoms with Crippen LogP contribution >= 0.6 is 0 Å². The molecule has 1 aromatic carbocycles. The van der Waals surface area contributed by atoms with Gasteiger partial charge in [-0.3, -0.25) is 0 Å². The monoisotopic (exact) mass is 240 g/mol. The van der Waals surface area contributed by atoms with Crippen molar-refractivity contribution in [1.82, 2.24) is 5.32 Å². The van der Waals surface area contributed by atoms with E-state index in [1.54, 1.807) is 13.0 Å². The number of aliphatic hydroxyl groups excluding tert-OH is 1. The standard InChI is InChI=1S/C13H21FN2O/c1-10-8-11(4-5-12(10)14)13(9-15)16-6-2-3-7-17/h4-5,8,13,16-17H,2-3,6-7,9,15H2,1H3. The van der Waals surface area contributed by atoms with E-state index in [9.17, 15) is 4.39 Å². The Morgan fingerprint density at radius 3 is 2.76 bits per heavy atom. The fourth-order valence-corrected chi connectivity index (χ4v) is 1.74. The number of hydrogen-bond donors (Lipinski definition) is 3. The zero-order valence-corrected chi connectivity index (χ0v) is 10.2. The summed E-state index contributed by atoms with van der Waals surface area (Å²) in [6, 6.07) is 5.11. The fourth-order valence-electron chi connectivity index (χ4n) is 1.74. The van der Waals surface area contributed by atoms with Crippen LogP contribution in [0, 0.1) is 12.7 Å². The van der Waals surface area contributed by atoms with E-state index in [0.717, 1.165) is 24.9 Å². The van der Waals surface area contributed by atoms with Crippen molar-refractivity contribution in [2.45, 2.75) is 25.8 Å². The van der Waals surface area contributed by atoms with Crippen molar-refractivity contribution < 1.29 is 9.50 Å². The molecule has 0 amide bonds. The van der Waals surface area contributed by atoms with Gasteiger partial charge in [-0.25, -0.2) is 4.39 Å². The molecular formula is C13H21FN2O. The van der Waals surface area contributed by atoms with Crippen LogP contribution < -0.4 is 11.1 Å². The molecule has 0 heterocycles. The molecule has 3 nitrogen and oxygen atoms in total. The predicted molar refractivity (Wildman–Crippen MR) is 67.3 cm³/mol. The molecule has 0 fully saturated rings. The zero-order chi connectivity index (χ0) is 12.7. The van der Waals surface area contributed by atoms with E-state index in [-0.39, 0.29) is 18.5 Å². The number of rotatable bonds is 7. The van der Waals surface area contributed by atoms with Crippen molar-refractivity contribution in [2.75, 3.05) is 19.7 Å². The van der Waals surface area contributed by atoms with Gasteiger partial charge in [0.2, 0.25) is 0 Å². The van der Waals surface area contributed by atoms with Crippen molar-refractivity contribution in [3.63, 3.8) is 0 Å². The summed E-state index contributed by atoms with van der Waals surface area (Å²) >= 11 is 0. The Morgan fingerprint density at radius 1 is 1.41 bits per heavy atom. The third-order valence-electron chi connectivity index (χ3n) is 2.80. The Balaban J connectivity index is 2.56. The van der Waals surface area contributed by atoms with E-state index in [4.69, 9.17) is 10.8 Å². The molecule has 1 rings (SSSR count). The molecule has 0 bridgehead atoms. The summed E-state index contributed by atoms with van der Waals surface area (Å²) in [7, 11) is 0. The number of aliphatic hydroxyl groups is 1. The molecule has 0 aliphatic rings. The molecule has 0 radical (unpaired) electrons. The SMILES string of the molecule is Cc1cc(C(CN)NCCCCO)ccc1F. The molecule has 1 aromatic rings. The van der Waals surface area contributed by atoms with Crippen LogP contribution in [-0.4, -0.2) is 24.8 Å². The van der Waals surface area contributed by atoms with E-state index in [0.29, 0.717) is 12.1 Å². The molecule has 96 valence electrons. The highest BCUT2D eigenvalue weighted by Crippen LogP contribution is 2.16. The average molecular weight is 240 g/mol. The van der Waals surface area contributed by atoms with Gasteiger partial charge in [0.1, 0.15) is 5.82 Å². The predicted octanol–water partition coefficient (Wildman–Crippen LogP) is 1.50. The van der Waals surface area contributed by atoms with Gasteiger partial charge < -0.3 is 16.2 Å². The molecule has 1 atom stereocenters. The minimum absolute atomic E-state index is 0.0491. The lowest BCUT2D eigenvalue weighted by Gasteiger charge is -2.17. The van der Waals surface area contributed by atoms with E-state index in [2.05, 4.69) is 5.32 Å². The Labute approximate surface area is 102 Å². The van der Waals surface area contributed by atoms with Crippen LogP contribution in [0.3, 0.4) is 0 Å². The minimum Gasteiger partial charge on any atom is -0.396 e. The van der Waals surface area contributed by atoms with E-state index < -0.39 is 0 Å². The summed E-state index contributed by atoms with van der Waals surface area (Å²) in [4.78, 5) is 0. The van der Waals surface area contributed by atoms with Gasteiger partial charge in [-0.15, -0.1) is 0 Å². The topological polar surface area (TPSA) is 58.3 Å². The maximum Gasteiger partial charge on any atom is 0.126 e. The largest absolute Gasteiger partial charge is 0.396 e. The van der Waals surface area contributed by atoms with E-state index >= 15 is 0 Å². The molecule has 17 heavy (non-hydrogen) atoms. The molecular weight excluding hydrogens is 219 g/mol. The summed E-state index contributed by atoms with van der Waals surface area (Å²) in [6.07, 6.45) is 1.69. The number of benzene rings is 1. The second-order valence-electron chi connectivity index (χ2n) is 4.18. The van der Waals surface area contributed by atoms with Gasteiger partial charge in [-0.2, -0.15) is 0 Å². The maximum absolute atomic E-state index is 13.1. The summed E-state index contributed by atoms with van der Waals surface area (Å²) in [6.45, 7) is 3.24. The molecule has 0 aliphatic heterocycles. The molecule has 0 saturated carbocycles. The van der Waals surface area contributed by atoms with Crippen LogP contribution in [0.15, 0.2) is 18.2 Å². The molecule has 0 saturated heterocycles. The fraction of sp³-hybridized carbons (Fsp3) is 0.538. The highest BCUT2D eigenvalue weighted by Gasteiger charge is 2.09.